The smallest absolute Gasteiger partial charge is 0.204 e. The minimum Gasteiger partial charge on any atom is -0.497 e. The molecule has 0 spiro atoms. The fourth-order valence-corrected chi connectivity index (χ4v) is 2.05. The van der Waals surface area contributed by atoms with Crippen molar-refractivity contribution in [3.8, 4) is 5.75 Å². The molecule has 2 aromatic rings. The van der Waals surface area contributed by atoms with Gasteiger partial charge in [-0.3, -0.25) is 9.78 Å². The van der Waals surface area contributed by atoms with Crippen molar-refractivity contribution in [2.75, 3.05) is 7.11 Å². The predicted octanol–water partition coefficient (Wildman–Crippen LogP) is 2.69. The van der Waals surface area contributed by atoms with E-state index in [4.69, 9.17) is 4.74 Å². The summed E-state index contributed by atoms with van der Waals surface area (Å²) in [5.74, 6) is 0.779. The van der Waals surface area contributed by atoms with Crippen LogP contribution in [0.15, 0.2) is 29.9 Å². The number of methoxy groups -OCH3 is 1. The molecular weight excluding hydrogens is 222 g/mol. The standard InChI is InChI=1S/C12H11NO2S/c1-8-5-9(15-2)3-4-10(8)12(14)11-6-13-7-16-11/h3-7H,1-2H3. The van der Waals surface area contributed by atoms with E-state index >= 15 is 0 Å². The molecule has 2 rings (SSSR count). The van der Waals surface area contributed by atoms with E-state index in [1.165, 1.54) is 11.3 Å². The lowest BCUT2D eigenvalue weighted by Gasteiger charge is -2.05. The van der Waals surface area contributed by atoms with Crippen LogP contribution in [0, 0.1) is 6.92 Å². The highest BCUT2D eigenvalue weighted by atomic mass is 32.1. The third-order valence-electron chi connectivity index (χ3n) is 2.33. The SMILES string of the molecule is COc1ccc(C(=O)c2cncs2)c(C)c1. The first-order chi connectivity index (χ1) is 7.72. The van der Waals surface area contributed by atoms with Gasteiger partial charge in [-0.1, -0.05) is 0 Å². The lowest BCUT2D eigenvalue weighted by atomic mass is 10.0. The minimum absolute atomic E-state index is 0.0163. The third-order valence-corrected chi connectivity index (χ3v) is 3.11. The quantitative estimate of drug-likeness (QED) is 0.765. The van der Waals surface area contributed by atoms with Crippen LogP contribution < -0.4 is 4.74 Å². The topological polar surface area (TPSA) is 39.2 Å². The number of nitrogens with zero attached hydrogens (tertiary/aromatic N) is 1. The first kappa shape index (κ1) is 10.8. The summed E-state index contributed by atoms with van der Waals surface area (Å²) in [6.45, 7) is 1.90. The van der Waals surface area contributed by atoms with Crippen LogP contribution >= 0.6 is 11.3 Å². The molecular formula is C12H11NO2S. The van der Waals surface area contributed by atoms with Crippen LogP contribution in [-0.2, 0) is 0 Å². The summed E-state index contributed by atoms with van der Waals surface area (Å²) < 4.78 is 5.10. The van der Waals surface area contributed by atoms with Gasteiger partial charge in [0, 0.05) is 11.8 Å². The van der Waals surface area contributed by atoms with Gasteiger partial charge < -0.3 is 4.74 Å². The first-order valence-electron chi connectivity index (χ1n) is 4.80. The average molecular weight is 233 g/mol. The van der Waals surface area contributed by atoms with E-state index in [0.717, 1.165) is 11.3 Å². The van der Waals surface area contributed by atoms with E-state index in [1.807, 2.05) is 13.0 Å². The molecule has 0 aliphatic heterocycles. The van der Waals surface area contributed by atoms with Crippen molar-refractivity contribution in [1.82, 2.24) is 4.98 Å². The number of hydrogen-bond acceptors (Lipinski definition) is 4. The van der Waals surface area contributed by atoms with Crippen LogP contribution in [-0.4, -0.2) is 17.9 Å². The maximum atomic E-state index is 12.1. The first-order valence-corrected chi connectivity index (χ1v) is 5.68. The van der Waals surface area contributed by atoms with Gasteiger partial charge in [0.25, 0.3) is 0 Å². The summed E-state index contributed by atoms with van der Waals surface area (Å²) in [4.78, 5) is 16.6. The van der Waals surface area contributed by atoms with E-state index in [2.05, 4.69) is 4.98 Å². The number of ether oxygens (including phenoxy) is 1. The molecule has 0 radical (unpaired) electrons. The van der Waals surface area contributed by atoms with E-state index < -0.39 is 0 Å². The van der Waals surface area contributed by atoms with Crippen molar-refractivity contribution < 1.29 is 9.53 Å². The largest absolute Gasteiger partial charge is 0.497 e. The summed E-state index contributed by atoms with van der Waals surface area (Å²) in [7, 11) is 1.61. The van der Waals surface area contributed by atoms with Crippen LogP contribution in [0.3, 0.4) is 0 Å². The number of thiazole rings is 1. The highest BCUT2D eigenvalue weighted by molar-refractivity contribution is 7.11. The maximum Gasteiger partial charge on any atom is 0.204 e. The van der Waals surface area contributed by atoms with Crippen molar-refractivity contribution in [2.45, 2.75) is 6.92 Å². The normalized spacial score (nSPS) is 10.1. The molecule has 0 bridgehead atoms. The van der Waals surface area contributed by atoms with Crippen molar-refractivity contribution in [2.24, 2.45) is 0 Å². The summed E-state index contributed by atoms with van der Waals surface area (Å²) in [5, 5.41) is 0. The van der Waals surface area contributed by atoms with Gasteiger partial charge in [-0.05, 0) is 30.7 Å². The highest BCUT2D eigenvalue weighted by Crippen LogP contribution is 2.20. The molecule has 1 heterocycles. The molecule has 1 aromatic carbocycles. The van der Waals surface area contributed by atoms with Crippen LogP contribution in [0.4, 0.5) is 0 Å². The van der Waals surface area contributed by atoms with Crippen LogP contribution in [0.25, 0.3) is 0 Å². The van der Waals surface area contributed by atoms with E-state index in [1.54, 1.807) is 30.9 Å². The fourth-order valence-electron chi connectivity index (χ4n) is 1.48. The lowest BCUT2D eigenvalue weighted by molar-refractivity contribution is 0.104. The minimum atomic E-state index is 0.0163. The molecule has 0 saturated heterocycles. The Morgan fingerprint density at radius 1 is 1.44 bits per heavy atom. The van der Waals surface area contributed by atoms with Crippen molar-refractivity contribution in [1.29, 1.82) is 0 Å². The van der Waals surface area contributed by atoms with E-state index in [0.29, 0.717) is 10.4 Å². The van der Waals surface area contributed by atoms with Gasteiger partial charge in [-0.2, -0.15) is 0 Å². The van der Waals surface area contributed by atoms with Crippen molar-refractivity contribution >= 4 is 17.1 Å². The number of ketones is 1. The molecule has 1 aromatic heterocycles. The number of aromatic nitrogens is 1. The Kier molecular flexibility index (Phi) is 3.01. The van der Waals surface area contributed by atoms with Crippen LogP contribution in [0.5, 0.6) is 5.75 Å². The highest BCUT2D eigenvalue weighted by Gasteiger charge is 2.13. The summed E-state index contributed by atoms with van der Waals surface area (Å²) >= 11 is 1.35. The van der Waals surface area contributed by atoms with Crippen molar-refractivity contribution in [3.63, 3.8) is 0 Å². The number of rotatable bonds is 3. The van der Waals surface area contributed by atoms with Crippen molar-refractivity contribution in [3.05, 3.63) is 45.9 Å². The Hall–Kier alpha value is -1.68. The molecule has 3 nitrogen and oxygen atoms in total. The van der Waals surface area contributed by atoms with Gasteiger partial charge in [-0.25, -0.2) is 0 Å². The zero-order valence-electron chi connectivity index (χ0n) is 9.06. The Morgan fingerprint density at radius 2 is 2.25 bits per heavy atom. The van der Waals surface area contributed by atoms with Gasteiger partial charge >= 0.3 is 0 Å². The zero-order valence-corrected chi connectivity index (χ0v) is 9.88. The Morgan fingerprint density at radius 3 is 2.81 bits per heavy atom. The molecule has 0 aliphatic rings. The third kappa shape index (κ3) is 1.97. The second-order valence-corrected chi connectivity index (χ2v) is 4.26. The molecule has 0 amide bonds. The van der Waals surface area contributed by atoms with Gasteiger partial charge in [0.15, 0.2) is 0 Å². The van der Waals surface area contributed by atoms with E-state index in [9.17, 15) is 4.79 Å². The molecule has 0 fully saturated rings. The van der Waals surface area contributed by atoms with Crippen LogP contribution in [0.1, 0.15) is 20.8 Å². The number of aryl methyl sites for hydroxylation is 1. The predicted molar refractivity (Wildman–Crippen MR) is 63.3 cm³/mol. The summed E-state index contributed by atoms with van der Waals surface area (Å²) in [6.07, 6.45) is 1.59. The number of carbonyl (C=O) groups excluding carboxylic acids is 1. The Bertz CT molecular complexity index is 506. The number of hydrogen-bond donors (Lipinski definition) is 0. The zero-order chi connectivity index (χ0) is 11.5. The maximum absolute atomic E-state index is 12.1. The molecule has 0 N–H and O–H groups in total. The second-order valence-electron chi connectivity index (χ2n) is 3.38. The molecule has 4 heteroatoms. The number of carbonyl (C=O) groups is 1. The molecule has 0 unspecified atom stereocenters. The van der Waals surface area contributed by atoms with Crippen LogP contribution in [0.2, 0.25) is 0 Å². The van der Waals surface area contributed by atoms with E-state index in [-0.39, 0.29) is 5.78 Å². The Labute approximate surface area is 97.7 Å². The lowest BCUT2D eigenvalue weighted by Crippen LogP contribution is -2.01. The van der Waals surface area contributed by atoms with Gasteiger partial charge in [0.05, 0.1) is 17.5 Å². The summed E-state index contributed by atoms with van der Waals surface area (Å²) in [5.41, 5.74) is 3.27. The molecule has 0 saturated carbocycles. The molecule has 0 aliphatic carbocycles. The molecule has 0 atom stereocenters. The Balaban J connectivity index is 2.38. The monoisotopic (exact) mass is 233 g/mol. The van der Waals surface area contributed by atoms with Gasteiger partial charge in [-0.15, -0.1) is 11.3 Å². The van der Waals surface area contributed by atoms with Gasteiger partial charge in [0.1, 0.15) is 5.75 Å². The second kappa shape index (κ2) is 4.45. The van der Waals surface area contributed by atoms with Gasteiger partial charge in [0.2, 0.25) is 5.78 Å². The fraction of sp³-hybridized carbons (Fsp3) is 0.167. The summed E-state index contributed by atoms with van der Waals surface area (Å²) in [6, 6.07) is 5.44. The number of benzene rings is 1. The molecule has 82 valence electrons. The average Bonchev–Trinajstić information content (AvgIpc) is 2.81. The molecule has 16 heavy (non-hydrogen) atoms.